The highest BCUT2D eigenvalue weighted by atomic mass is 16.5. The molecule has 0 unspecified atom stereocenters. The Hall–Kier alpha value is -1.88. The highest BCUT2D eigenvalue weighted by Gasteiger charge is 2.40. The van der Waals surface area contributed by atoms with E-state index in [1.807, 2.05) is 35.2 Å². The first-order valence-electron chi connectivity index (χ1n) is 9.73. The fourth-order valence-corrected chi connectivity index (χ4v) is 4.13. The Morgan fingerprint density at radius 1 is 1.23 bits per heavy atom. The lowest BCUT2D eigenvalue weighted by Gasteiger charge is -2.47. The first kappa shape index (κ1) is 18.9. The quantitative estimate of drug-likeness (QED) is 0.786. The maximum Gasteiger partial charge on any atom is 0.248 e. The average Bonchev–Trinajstić information content (AvgIpc) is 2.64. The summed E-state index contributed by atoms with van der Waals surface area (Å²) >= 11 is 0. The first-order valence-corrected chi connectivity index (χ1v) is 9.73. The number of fused-ring (bicyclic) bond motifs is 1. The Kier molecular flexibility index (Phi) is 6.30. The Morgan fingerprint density at radius 3 is 2.73 bits per heavy atom. The van der Waals surface area contributed by atoms with E-state index in [1.54, 1.807) is 0 Å². The maximum atomic E-state index is 12.5. The number of hydrogen-bond acceptors (Lipinski definition) is 3. The van der Waals surface area contributed by atoms with E-state index in [2.05, 4.69) is 18.7 Å². The van der Waals surface area contributed by atoms with Gasteiger partial charge in [-0.3, -0.25) is 9.59 Å². The maximum absolute atomic E-state index is 12.5. The van der Waals surface area contributed by atoms with Crippen LogP contribution in [0.1, 0.15) is 38.7 Å². The molecule has 2 aliphatic heterocycles. The minimum Gasteiger partial charge on any atom is -0.367 e. The minimum atomic E-state index is 0.0618. The van der Waals surface area contributed by atoms with Gasteiger partial charge in [-0.25, -0.2) is 0 Å². The van der Waals surface area contributed by atoms with E-state index >= 15 is 0 Å². The fourth-order valence-electron chi connectivity index (χ4n) is 4.13. The van der Waals surface area contributed by atoms with Crippen molar-refractivity contribution in [3.05, 3.63) is 35.9 Å². The molecule has 2 amide bonds. The van der Waals surface area contributed by atoms with Crippen molar-refractivity contribution in [2.45, 2.75) is 45.8 Å². The largest absolute Gasteiger partial charge is 0.367 e. The number of ether oxygens (including phenoxy) is 1. The predicted octanol–water partition coefficient (Wildman–Crippen LogP) is 2.70. The van der Waals surface area contributed by atoms with Crippen molar-refractivity contribution >= 4 is 11.8 Å². The van der Waals surface area contributed by atoms with Crippen LogP contribution in [0.15, 0.2) is 30.3 Å². The van der Waals surface area contributed by atoms with Crippen molar-refractivity contribution in [1.29, 1.82) is 0 Å². The van der Waals surface area contributed by atoms with Crippen molar-refractivity contribution in [3.63, 3.8) is 0 Å². The van der Waals surface area contributed by atoms with Crippen LogP contribution in [-0.2, 0) is 20.9 Å². The van der Waals surface area contributed by atoms with Gasteiger partial charge in [-0.15, -0.1) is 0 Å². The summed E-state index contributed by atoms with van der Waals surface area (Å²) in [4.78, 5) is 28.8. The number of piperidine rings is 2. The van der Waals surface area contributed by atoms with Gasteiger partial charge in [0.05, 0.1) is 6.61 Å². The van der Waals surface area contributed by atoms with Gasteiger partial charge in [-0.2, -0.15) is 0 Å². The molecule has 2 saturated heterocycles. The Bertz CT molecular complexity index is 617. The lowest BCUT2D eigenvalue weighted by molar-refractivity contribution is -0.146. The van der Waals surface area contributed by atoms with E-state index in [0.717, 1.165) is 38.0 Å². The van der Waals surface area contributed by atoms with E-state index in [-0.39, 0.29) is 18.4 Å². The summed E-state index contributed by atoms with van der Waals surface area (Å²) in [6.45, 7) is 7.19. The molecule has 0 radical (unpaired) electrons. The molecule has 5 nitrogen and oxygen atoms in total. The van der Waals surface area contributed by atoms with Gasteiger partial charge in [-0.1, -0.05) is 44.2 Å². The van der Waals surface area contributed by atoms with E-state index in [9.17, 15) is 9.59 Å². The van der Waals surface area contributed by atoms with Crippen LogP contribution in [0.2, 0.25) is 0 Å². The molecule has 0 bridgehead atoms. The molecule has 0 aromatic heterocycles. The SMILES string of the molecule is CC(C)CN1C(=O)CC[C@H]2CN(C(=O)COCc3ccccc3)CC[C@H]21. The topological polar surface area (TPSA) is 49.9 Å². The second-order valence-corrected chi connectivity index (χ2v) is 7.91. The van der Waals surface area contributed by atoms with Gasteiger partial charge < -0.3 is 14.5 Å². The second kappa shape index (κ2) is 8.67. The summed E-state index contributed by atoms with van der Waals surface area (Å²) in [5.74, 6) is 1.22. The van der Waals surface area contributed by atoms with Gasteiger partial charge in [0.2, 0.25) is 11.8 Å². The van der Waals surface area contributed by atoms with Gasteiger partial charge in [-0.05, 0) is 30.2 Å². The standard InChI is InChI=1S/C21H30N2O3/c1-16(2)12-23-19-10-11-22(13-18(19)8-9-20(23)24)21(25)15-26-14-17-6-4-3-5-7-17/h3-7,16,18-19H,8-15H2,1-2H3/t18-,19+/m0/s1. The minimum absolute atomic E-state index is 0.0618. The molecule has 2 aliphatic rings. The van der Waals surface area contributed by atoms with Crippen LogP contribution in [0.25, 0.3) is 0 Å². The van der Waals surface area contributed by atoms with Crippen LogP contribution in [-0.4, -0.2) is 53.9 Å². The van der Waals surface area contributed by atoms with Gasteiger partial charge in [0.15, 0.2) is 0 Å². The number of carbonyl (C=O) groups excluding carboxylic acids is 2. The first-order chi connectivity index (χ1) is 12.5. The van der Waals surface area contributed by atoms with Crippen LogP contribution in [0.4, 0.5) is 0 Å². The Labute approximate surface area is 156 Å². The molecule has 0 aliphatic carbocycles. The molecular weight excluding hydrogens is 328 g/mol. The van der Waals surface area contributed by atoms with Crippen molar-refractivity contribution in [2.75, 3.05) is 26.2 Å². The summed E-state index contributed by atoms with van der Waals surface area (Å²) in [5, 5.41) is 0. The van der Waals surface area contributed by atoms with Gasteiger partial charge in [0.25, 0.3) is 0 Å². The molecule has 26 heavy (non-hydrogen) atoms. The summed E-state index contributed by atoms with van der Waals surface area (Å²) in [6.07, 6.45) is 2.39. The highest BCUT2D eigenvalue weighted by Crippen LogP contribution is 2.31. The zero-order valence-electron chi connectivity index (χ0n) is 15.9. The molecule has 2 fully saturated rings. The molecule has 0 saturated carbocycles. The molecule has 3 rings (SSSR count). The lowest BCUT2D eigenvalue weighted by atomic mass is 9.83. The Morgan fingerprint density at radius 2 is 2.00 bits per heavy atom. The summed E-state index contributed by atoms with van der Waals surface area (Å²) in [6, 6.07) is 10.2. The van der Waals surface area contributed by atoms with Crippen molar-refractivity contribution < 1.29 is 14.3 Å². The molecule has 2 atom stereocenters. The molecule has 1 aromatic carbocycles. The smallest absolute Gasteiger partial charge is 0.248 e. The van der Waals surface area contributed by atoms with Crippen LogP contribution < -0.4 is 0 Å². The summed E-state index contributed by atoms with van der Waals surface area (Å²) in [5.41, 5.74) is 1.08. The zero-order chi connectivity index (χ0) is 18.5. The number of amides is 2. The average molecular weight is 358 g/mol. The molecular formula is C21H30N2O3. The predicted molar refractivity (Wildman–Crippen MR) is 100 cm³/mol. The van der Waals surface area contributed by atoms with E-state index in [0.29, 0.717) is 30.9 Å². The number of nitrogens with zero attached hydrogens (tertiary/aromatic N) is 2. The lowest BCUT2D eigenvalue weighted by Crippen LogP contribution is -2.57. The molecule has 0 spiro atoms. The molecule has 2 heterocycles. The summed E-state index contributed by atoms with van der Waals surface area (Å²) < 4.78 is 5.61. The van der Waals surface area contributed by atoms with Crippen molar-refractivity contribution in [3.8, 4) is 0 Å². The van der Waals surface area contributed by atoms with E-state index in [1.165, 1.54) is 0 Å². The van der Waals surface area contributed by atoms with E-state index in [4.69, 9.17) is 4.74 Å². The molecule has 0 N–H and O–H groups in total. The normalized spacial score (nSPS) is 23.3. The third kappa shape index (κ3) is 4.64. The van der Waals surface area contributed by atoms with Gasteiger partial charge >= 0.3 is 0 Å². The van der Waals surface area contributed by atoms with Crippen molar-refractivity contribution in [2.24, 2.45) is 11.8 Å². The fraction of sp³-hybridized carbons (Fsp3) is 0.619. The van der Waals surface area contributed by atoms with Gasteiger partial charge in [0, 0.05) is 32.1 Å². The number of hydrogen-bond donors (Lipinski definition) is 0. The second-order valence-electron chi connectivity index (χ2n) is 7.91. The monoisotopic (exact) mass is 358 g/mol. The molecule has 5 heteroatoms. The molecule has 142 valence electrons. The zero-order valence-corrected chi connectivity index (χ0v) is 15.9. The van der Waals surface area contributed by atoms with Crippen molar-refractivity contribution in [1.82, 2.24) is 9.80 Å². The highest BCUT2D eigenvalue weighted by molar-refractivity contribution is 5.79. The number of benzene rings is 1. The number of likely N-dealkylation sites (tertiary alicyclic amines) is 2. The van der Waals surface area contributed by atoms with Crippen LogP contribution in [0.3, 0.4) is 0 Å². The number of rotatable bonds is 6. The Balaban J connectivity index is 1.49. The molecule has 1 aromatic rings. The third-order valence-electron chi connectivity index (χ3n) is 5.40. The summed E-state index contributed by atoms with van der Waals surface area (Å²) in [7, 11) is 0. The van der Waals surface area contributed by atoms with Gasteiger partial charge in [0.1, 0.15) is 6.61 Å². The third-order valence-corrected chi connectivity index (χ3v) is 5.40. The van der Waals surface area contributed by atoms with Crippen LogP contribution in [0, 0.1) is 11.8 Å². The van der Waals surface area contributed by atoms with Crippen LogP contribution >= 0.6 is 0 Å². The number of carbonyl (C=O) groups is 2. The van der Waals surface area contributed by atoms with E-state index < -0.39 is 0 Å². The van der Waals surface area contributed by atoms with Crippen LogP contribution in [0.5, 0.6) is 0 Å².